The molecule has 0 radical (unpaired) electrons. The van der Waals surface area contributed by atoms with E-state index in [1.54, 1.807) is 12.1 Å². The van der Waals surface area contributed by atoms with Crippen LogP contribution in [0.15, 0.2) is 40.0 Å². The second-order valence-electron chi connectivity index (χ2n) is 5.27. The van der Waals surface area contributed by atoms with Gasteiger partial charge >= 0.3 is 0 Å². The summed E-state index contributed by atoms with van der Waals surface area (Å²) in [6.07, 6.45) is 0.938. The molecule has 0 bridgehead atoms. The minimum absolute atomic E-state index is 0.0672. The number of ether oxygens (including phenoxy) is 2. The van der Waals surface area contributed by atoms with Gasteiger partial charge in [-0.15, -0.1) is 21.5 Å². The molecule has 1 aromatic carbocycles. The largest absolute Gasteiger partial charge is 0.454 e. The maximum Gasteiger partial charge on any atom is 0.277 e. The minimum atomic E-state index is 0.0672. The molecule has 8 heteroatoms. The smallest absolute Gasteiger partial charge is 0.277 e. The molecule has 4 rings (SSSR count). The van der Waals surface area contributed by atoms with Crippen LogP contribution in [0.2, 0.25) is 0 Å². The number of hydrogen-bond acceptors (Lipinski definition) is 8. The number of aromatic nitrogens is 2. The number of Topliss-reactive ketones (excluding diaryl/α,β-unsaturated/α-hetero) is 1. The Morgan fingerprint density at radius 1 is 1.20 bits per heavy atom. The molecular formula is C17H14N2O4S2. The normalized spacial score (nSPS) is 12.5. The van der Waals surface area contributed by atoms with E-state index < -0.39 is 0 Å². The zero-order chi connectivity index (χ0) is 17.2. The lowest BCUT2D eigenvalue weighted by Gasteiger charge is -1.98. The van der Waals surface area contributed by atoms with E-state index in [0.29, 0.717) is 22.6 Å². The molecule has 0 N–H and O–H groups in total. The van der Waals surface area contributed by atoms with Crippen molar-refractivity contribution >= 4 is 28.9 Å². The maximum atomic E-state index is 12.2. The average Bonchev–Trinajstić information content (AvgIpc) is 3.38. The third-order valence-electron chi connectivity index (χ3n) is 3.64. The fourth-order valence-corrected chi connectivity index (χ4v) is 3.95. The summed E-state index contributed by atoms with van der Waals surface area (Å²) in [7, 11) is 0. The Labute approximate surface area is 152 Å². The van der Waals surface area contributed by atoms with Gasteiger partial charge < -0.3 is 13.9 Å². The van der Waals surface area contributed by atoms with Crippen LogP contribution in [0.1, 0.15) is 21.5 Å². The summed E-state index contributed by atoms with van der Waals surface area (Å²) in [5.74, 6) is 2.08. The van der Waals surface area contributed by atoms with Crippen LogP contribution in [0, 0.1) is 0 Å². The van der Waals surface area contributed by atoms with Gasteiger partial charge in [-0.05, 0) is 36.8 Å². The Morgan fingerprint density at radius 2 is 2.08 bits per heavy atom. The number of nitrogens with zero attached hydrogens (tertiary/aromatic N) is 2. The number of fused-ring (bicyclic) bond motifs is 1. The fourth-order valence-electron chi connectivity index (χ4n) is 2.33. The zero-order valence-electron chi connectivity index (χ0n) is 13.4. The second-order valence-corrected chi connectivity index (χ2v) is 7.37. The van der Waals surface area contributed by atoms with Crippen molar-refractivity contribution < 1.29 is 18.7 Å². The van der Waals surface area contributed by atoms with Crippen molar-refractivity contribution in [1.29, 1.82) is 0 Å². The third kappa shape index (κ3) is 3.40. The Balaban J connectivity index is 1.42. The van der Waals surface area contributed by atoms with Gasteiger partial charge in [0.2, 0.25) is 12.7 Å². The summed E-state index contributed by atoms with van der Waals surface area (Å²) < 4.78 is 16.3. The topological polar surface area (TPSA) is 74.5 Å². The Morgan fingerprint density at radius 3 is 2.92 bits per heavy atom. The SMILES string of the molecule is CCc1ccc(C(=O)CSc2nnc(-c3ccc4c(c3)OCO4)o2)s1. The first-order valence-corrected chi connectivity index (χ1v) is 9.51. The van der Waals surface area contributed by atoms with Crippen molar-refractivity contribution in [1.82, 2.24) is 10.2 Å². The van der Waals surface area contributed by atoms with Gasteiger partial charge in [-0.25, -0.2) is 0 Å². The summed E-state index contributed by atoms with van der Waals surface area (Å²) in [5, 5.41) is 8.40. The maximum absolute atomic E-state index is 12.2. The standard InChI is InChI=1S/C17H14N2O4S2/c1-2-11-4-6-15(25-11)12(20)8-24-17-19-18-16(23-17)10-3-5-13-14(7-10)22-9-21-13/h3-7H,2,8-9H2,1H3. The van der Waals surface area contributed by atoms with Gasteiger partial charge in [0.05, 0.1) is 10.6 Å². The Kier molecular flexibility index (Phi) is 4.46. The molecule has 0 amide bonds. The van der Waals surface area contributed by atoms with Crippen LogP contribution in [-0.2, 0) is 6.42 Å². The van der Waals surface area contributed by atoms with Crippen LogP contribution in [-0.4, -0.2) is 28.5 Å². The Bertz CT molecular complexity index is 919. The molecule has 0 atom stereocenters. The van der Waals surface area contributed by atoms with Crippen molar-refractivity contribution in [3.05, 3.63) is 40.1 Å². The van der Waals surface area contributed by atoms with Crippen LogP contribution in [0.3, 0.4) is 0 Å². The van der Waals surface area contributed by atoms with E-state index in [2.05, 4.69) is 17.1 Å². The van der Waals surface area contributed by atoms with Gasteiger partial charge in [-0.1, -0.05) is 18.7 Å². The van der Waals surface area contributed by atoms with E-state index in [0.717, 1.165) is 16.9 Å². The van der Waals surface area contributed by atoms with E-state index in [1.807, 2.05) is 18.2 Å². The van der Waals surface area contributed by atoms with E-state index in [-0.39, 0.29) is 18.3 Å². The Hall–Kier alpha value is -2.32. The zero-order valence-corrected chi connectivity index (χ0v) is 15.0. The number of carbonyl (C=O) groups excluding carboxylic acids is 1. The first-order chi connectivity index (χ1) is 12.2. The summed E-state index contributed by atoms with van der Waals surface area (Å²) in [4.78, 5) is 14.2. The third-order valence-corrected chi connectivity index (χ3v) is 5.73. The highest BCUT2D eigenvalue weighted by Gasteiger charge is 2.17. The molecule has 2 aromatic heterocycles. The molecule has 0 fully saturated rings. The van der Waals surface area contributed by atoms with Crippen LogP contribution in [0.5, 0.6) is 11.5 Å². The van der Waals surface area contributed by atoms with Crippen molar-refractivity contribution in [2.75, 3.05) is 12.5 Å². The molecule has 128 valence electrons. The van der Waals surface area contributed by atoms with Crippen molar-refractivity contribution in [2.24, 2.45) is 0 Å². The van der Waals surface area contributed by atoms with E-state index in [9.17, 15) is 4.79 Å². The van der Waals surface area contributed by atoms with Crippen LogP contribution < -0.4 is 9.47 Å². The lowest BCUT2D eigenvalue weighted by molar-refractivity contribution is 0.102. The van der Waals surface area contributed by atoms with Gasteiger partial charge in [-0.3, -0.25) is 4.79 Å². The first-order valence-electron chi connectivity index (χ1n) is 7.71. The molecule has 0 unspecified atom stereocenters. The number of carbonyl (C=O) groups is 1. The molecule has 0 aliphatic carbocycles. The summed E-state index contributed by atoms with van der Waals surface area (Å²) in [6.45, 7) is 2.29. The fraction of sp³-hybridized carbons (Fsp3) is 0.235. The second kappa shape index (κ2) is 6.89. The molecule has 0 spiro atoms. The predicted molar refractivity (Wildman–Crippen MR) is 94.6 cm³/mol. The van der Waals surface area contributed by atoms with Crippen molar-refractivity contribution in [3.63, 3.8) is 0 Å². The predicted octanol–water partition coefficient (Wildman–Crippen LogP) is 4.06. The van der Waals surface area contributed by atoms with Crippen molar-refractivity contribution in [2.45, 2.75) is 18.6 Å². The van der Waals surface area contributed by atoms with Gasteiger partial charge in [-0.2, -0.15) is 0 Å². The number of benzene rings is 1. The summed E-state index contributed by atoms with van der Waals surface area (Å²) in [5.41, 5.74) is 0.751. The van der Waals surface area contributed by atoms with Crippen LogP contribution in [0.4, 0.5) is 0 Å². The van der Waals surface area contributed by atoms with E-state index in [4.69, 9.17) is 13.9 Å². The van der Waals surface area contributed by atoms with Crippen LogP contribution >= 0.6 is 23.1 Å². The number of thiophene rings is 1. The molecule has 0 saturated heterocycles. The molecule has 3 aromatic rings. The lowest BCUT2D eigenvalue weighted by atomic mass is 10.2. The summed E-state index contributed by atoms with van der Waals surface area (Å²) in [6, 6.07) is 9.30. The average molecular weight is 374 g/mol. The highest BCUT2D eigenvalue weighted by molar-refractivity contribution is 7.99. The lowest BCUT2D eigenvalue weighted by Crippen LogP contribution is -1.99. The van der Waals surface area contributed by atoms with Crippen molar-refractivity contribution in [3.8, 4) is 23.0 Å². The number of ketones is 1. The molecule has 1 aliphatic heterocycles. The van der Waals surface area contributed by atoms with Gasteiger partial charge in [0.15, 0.2) is 17.3 Å². The molecular weight excluding hydrogens is 360 g/mol. The quantitative estimate of drug-likeness (QED) is 0.476. The van der Waals surface area contributed by atoms with E-state index in [1.165, 1.54) is 28.0 Å². The first kappa shape index (κ1) is 16.2. The van der Waals surface area contributed by atoms with Gasteiger partial charge in [0, 0.05) is 10.4 Å². The molecule has 1 aliphatic rings. The van der Waals surface area contributed by atoms with Crippen LogP contribution in [0.25, 0.3) is 11.5 Å². The monoisotopic (exact) mass is 374 g/mol. The highest BCUT2D eigenvalue weighted by atomic mass is 32.2. The number of rotatable bonds is 6. The summed E-state index contributed by atoms with van der Waals surface area (Å²) >= 11 is 2.78. The highest BCUT2D eigenvalue weighted by Crippen LogP contribution is 2.36. The molecule has 6 nitrogen and oxygen atoms in total. The van der Waals surface area contributed by atoms with Gasteiger partial charge in [0.1, 0.15) is 0 Å². The molecule has 3 heterocycles. The van der Waals surface area contributed by atoms with Gasteiger partial charge in [0.25, 0.3) is 5.22 Å². The molecule has 25 heavy (non-hydrogen) atoms. The number of hydrogen-bond donors (Lipinski definition) is 0. The number of aryl methyl sites for hydroxylation is 1. The molecule has 0 saturated carbocycles. The van der Waals surface area contributed by atoms with E-state index >= 15 is 0 Å². The minimum Gasteiger partial charge on any atom is -0.454 e. The number of thioether (sulfide) groups is 1.